The highest BCUT2D eigenvalue weighted by Gasteiger charge is 2.15. The van der Waals surface area contributed by atoms with Gasteiger partial charge < -0.3 is 19.7 Å². The van der Waals surface area contributed by atoms with Crippen LogP contribution in [0, 0.1) is 0 Å². The molecule has 158 valence electrons. The number of aromatic nitrogens is 3. The fraction of sp³-hybridized carbons (Fsp3) is 0.261. The molecule has 2 aromatic heterocycles. The Labute approximate surface area is 184 Å². The zero-order valence-corrected chi connectivity index (χ0v) is 18.1. The van der Waals surface area contributed by atoms with E-state index in [-0.39, 0.29) is 0 Å². The highest BCUT2D eigenvalue weighted by atomic mass is 32.1. The van der Waals surface area contributed by atoms with Crippen LogP contribution in [0.2, 0.25) is 0 Å². The summed E-state index contributed by atoms with van der Waals surface area (Å²) in [5, 5.41) is 7.36. The van der Waals surface area contributed by atoms with Crippen LogP contribution < -0.4 is 15.0 Å². The lowest BCUT2D eigenvalue weighted by Crippen LogP contribution is -2.36. The number of hydrogen-bond acceptors (Lipinski definition) is 8. The van der Waals surface area contributed by atoms with Gasteiger partial charge in [0.2, 0.25) is 0 Å². The van der Waals surface area contributed by atoms with Gasteiger partial charge in [-0.1, -0.05) is 0 Å². The molecule has 0 spiro atoms. The molecule has 3 heterocycles. The first-order valence-corrected chi connectivity index (χ1v) is 11.2. The largest absolute Gasteiger partial charge is 0.492 e. The highest BCUT2D eigenvalue weighted by molar-refractivity contribution is 7.13. The van der Waals surface area contributed by atoms with E-state index in [9.17, 15) is 0 Å². The smallest absolute Gasteiger partial charge is 0.144 e. The van der Waals surface area contributed by atoms with E-state index in [1.165, 1.54) is 0 Å². The SMILES string of the molecule is CCOc1cc(N2CCOCC2)ccc1Nc1ncnc2ccc(-c3nccs3)cc12. The number of benzene rings is 2. The Hall–Kier alpha value is -3.23. The molecule has 0 radical (unpaired) electrons. The zero-order chi connectivity index (χ0) is 21.0. The van der Waals surface area contributed by atoms with Crippen LogP contribution in [0.4, 0.5) is 17.2 Å². The van der Waals surface area contributed by atoms with Crippen LogP contribution in [0.3, 0.4) is 0 Å². The molecule has 0 atom stereocenters. The lowest BCUT2D eigenvalue weighted by Gasteiger charge is -2.29. The van der Waals surface area contributed by atoms with Gasteiger partial charge in [-0.15, -0.1) is 11.3 Å². The van der Waals surface area contributed by atoms with Gasteiger partial charge in [0, 0.05) is 47.4 Å². The first-order valence-electron chi connectivity index (χ1n) is 10.3. The van der Waals surface area contributed by atoms with E-state index in [0.29, 0.717) is 6.61 Å². The van der Waals surface area contributed by atoms with Crippen molar-refractivity contribution in [2.45, 2.75) is 6.92 Å². The molecular formula is C23H23N5O2S. The molecule has 1 aliphatic heterocycles. The quantitative estimate of drug-likeness (QED) is 0.471. The van der Waals surface area contributed by atoms with Crippen LogP contribution in [0.5, 0.6) is 5.75 Å². The van der Waals surface area contributed by atoms with Crippen molar-refractivity contribution in [3.8, 4) is 16.3 Å². The summed E-state index contributed by atoms with van der Waals surface area (Å²) >= 11 is 1.61. The molecule has 4 aromatic rings. The molecule has 1 fully saturated rings. The molecule has 0 unspecified atom stereocenters. The monoisotopic (exact) mass is 433 g/mol. The van der Waals surface area contributed by atoms with Gasteiger partial charge in [-0.05, 0) is 37.3 Å². The van der Waals surface area contributed by atoms with Crippen molar-refractivity contribution in [1.29, 1.82) is 0 Å². The highest BCUT2D eigenvalue weighted by Crippen LogP contribution is 2.35. The molecule has 0 bridgehead atoms. The second kappa shape index (κ2) is 8.87. The van der Waals surface area contributed by atoms with E-state index in [1.54, 1.807) is 17.7 Å². The van der Waals surface area contributed by atoms with Crippen molar-refractivity contribution in [3.05, 3.63) is 54.3 Å². The normalized spacial score (nSPS) is 14.0. The van der Waals surface area contributed by atoms with Gasteiger partial charge in [0.15, 0.2) is 0 Å². The molecule has 7 nitrogen and oxygen atoms in total. The summed E-state index contributed by atoms with van der Waals surface area (Å²) in [7, 11) is 0. The van der Waals surface area contributed by atoms with Crippen LogP contribution in [-0.2, 0) is 4.74 Å². The number of thiazole rings is 1. The lowest BCUT2D eigenvalue weighted by atomic mass is 10.1. The number of nitrogens with zero attached hydrogens (tertiary/aromatic N) is 4. The minimum atomic E-state index is 0.583. The maximum Gasteiger partial charge on any atom is 0.144 e. The Morgan fingerprint density at radius 1 is 1.10 bits per heavy atom. The first kappa shape index (κ1) is 19.7. The number of anilines is 3. The summed E-state index contributed by atoms with van der Waals surface area (Å²) in [5.41, 5.74) is 3.93. The standard InChI is InChI=1S/C23H23N5O2S/c1-2-30-21-14-17(28-8-10-29-11-9-28)4-6-20(21)27-22-18-13-16(23-24-7-12-31-23)3-5-19(18)25-15-26-22/h3-7,12-15H,2,8-11H2,1H3,(H,25,26,27). The van der Waals surface area contributed by atoms with Gasteiger partial charge in [-0.25, -0.2) is 15.0 Å². The molecule has 31 heavy (non-hydrogen) atoms. The van der Waals surface area contributed by atoms with Gasteiger partial charge in [-0.3, -0.25) is 0 Å². The molecule has 2 aromatic carbocycles. The van der Waals surface area contributed by atoms with Crippen molar-refractivity contribution in [2.24, 2.45) is 0 Å². The molecule has 0 saturated carbocycles. The minimum absolute atomic E-state index is 0.583. The third kappa shape index (κ3) is 4.17. The molecule has 0 aliphatic carbocycles. The summed E-state index contributed by atoms with van der Waals surface area (Å²) in [6.45, 7) is 5.84. The van der Waals surface area contributed by atoms with Crippen molar-refractivity contribution >= 4 is 39.4 Å². The third-order valence-corrected chi connectivity index (χ3v) is 6.03. The van der Waals surface area contributed by atoms with Crippen LogP contribution in [0.1, 0.15) is 6.92 Å². The van der Waals surface area contributed by atoms with E-state index in [4.69, 9.17) is 9.47 Å². The van der Waals surface area contributed by atoms with E-state index >= 15 is 0 Å². The van der Waals surface area contributed by atoms with E-state index < -0.39 is 0 Å². The number of nitrogens with one attached hydrogen (secondary N) is 1. The van der Waals surface area contributed by atoms with Crippen LogP contribution in [-0.4, -0.2) is 47.9 Å². The summed E-state index contributed by atoms with van der Waals surface area (Å²) in [6.07, 6.45) is 3.39. The van der Waals surface area contributed by atoms with Gasteiger partial charge in [0.05, 0.1) is 31.0 Å². The minimum Gasteiger partial charge on any atom is -0.492 e. The van der Waals surface area contributed by atoms with Crippen LogP contribution in [0.15, 0.2) is 54.3 Å². The average molecular weight is 434 g/mol. The Bertz CT molecular complexity index is 1180. The molecule has 1 aliphatic rings. The summed E-state index contributed by atoms with van der Waals surface area (Å²) in [5.74, 6) is 1.54. The van der Waals surface area contributed by atoms with Gasteiger partial charge in [0.1, 0.15) is 22.9 Å². The fourth-order valence-electron chi connectivity index (χ4n) is 3.69. The predicted octanol–water partition coefficient (Wildman–Crippen LogP) is 4.73. The molecular weight excluding hydrogens is 410 g/mol. The fourth-order valence-corrected chi connectivity index (χ4v) is 4.33. The van der Waals surface area contributed by atoms with Gasteiger partial charge in [0.25, 0.3) is 0 Å². The third-order valence-electron chi connectivity index (χ3n) is 5.21. The summed E-state index contributed by atoms with van der Waals surface area (Å²) < 4.78 is 11.4. The van der Waals surface area contributed by atoms with E-state index in [2.05, 4.69) is 49.4 Å². The predicted molar refractivity (Wildman–Crippen MR) is 125 cm³/mol. The lowest BCUT2D eigenvalue weighted by molar-refractivity contribution is 0.122. The Balaban J connectivity index is 1.50. The van der Waals surface area contributed by atoms with Crippen molar-refractivity contribution in [3.63, 3.8) is 0 Å². The maximum absolute atomic E-state index is 5.96. The van der Waals surface area contributed by atoms with Gasteiger partial charge >= 0.3 is 0 Å². The molecule has 5 rings (SSSR count). The molecule has 1 saturated heterocycles. The van der Waals surface area contributed by atoms with Gasteiger partial charge in [-0.2, -0.15) is 0 Å². The number of morpholine rings is 1. The molecule has 0 amide bonds. The van der Waals surface area contributed by atoms with E-state index in [1.807, 2.05) is 30.6 Å². The Morgan fingerprint density at radius 3 is 2.81 bits per heavy atom. The number of fused-ring (bicyclic) bond motifs is 1. The van der Waals surface area contributed by atoms with Crippen LogP contribution in [0.25, 0.3) is 21.5 Å². The van der Waals surface area contributed by atoms with E-state index in [0.717, 1.165) is 70.7 Å². The number of rotatable bonds is 6. The number of ether oxygens (including phenoxy) is 2. The topological polar surface area (TPSA) is 72.4 Å². The Morgan fingerprint density at radius 2 is 2.00 bits per heavy atom. The molecule has 1 N–H and O–H groups in total. The summed E-state index contributed by atoms with van der Waals surface area (Å²) in [6, 6.07) is 12.4. The summed E-state index contributed by atoms with van der Waals surface area (Å²) in [4.78, 5) is 15.7. The molecule has 8 heteroatoms. The second-order valence-electron chi connectivity index (χ2n) is 7.13. The van der Waals surface area contributed by atoms with Crippen LogP contribution >= 0.6 is 11.3 Å². The average Bonchev–Trinajstić information content (AvgIpc) is 3.36. The van der Waals surface area contributed by atoms with Crippen molar-refractivity contribution in [2.75, 3.05) is 43.1 Å². The maximum atomic E-state index is 5.96. The number of hydrogen-bond donors (Lipinski definition) is 1. The zero-order valence-electron chi connectivity index (χ0n) is 17.2. The van der Waals surface area contributed by atoms with Crippen molar-refractivity contribution in [1.82, 2.24) is 15.0 Å². The van der Waals surface area contributed by atoms with Crippen molar-refractivity contribution < 1.29 is 9.47 Å². The second-order valence-corrected chi connectivity index (χ2v) is 8.02. The Kier molecular flexibility index (Phi) is 5.64. The first-order chi connectivity index (χ1) is 15.3.